The van der Waals surface area contributed by atoms with Gasteiger partial charge in [-0.15, -0.1) is 40.5 Å². The van der Waals surface area contributed by atoms with Gasteiger partial charge >= 0.3 is 0 Å². The summed E-state index contributed by atoms with van der Waals surface area (Å²) >= 11 is 1.91. The summed E-state index contributed by atoms with van der Waals surface area (Å²) in [6.45, 7) is 26.7. The fourth-order valence-corrected chi connectivity index (χ4v) is 10.3. The second kappa shape index (κ2) is 16.6. The Hall–Kier alpha value is -2.63. The number of fused-ring (bicyclic) bond motifs is 4. The zero-order valence-electron chi connectivity index (χ0n) is 31.7. The molecule has 49 heavy (non-hydrogen) atoms. The van der Waals surface area contributed by atoms with Gasteiger partial charge in [0.25, 0.3) is 0 Å². The maximum absolute atomic E-state index is 11.7. The van der Waals surface area contributed by atoms with Gasteiger partial charge in [0.05, 0.1) is 13.8 Å². The Kier molecular flexibility index (Phi) is 13.8. The van der Waals surface area contributed by atoms with Gasteiger partial charge in [0.15, 0.2) is 5.78 Å². The number of aliphatic hydroxyl groups excluding tert-OH is 1. The minimum Gasteiger partial charge on any atom is -0.512 e. The third kappa shape index (κ3) is 9.00. The molecule has 0 amide bonds. The van der Waals surface area contributed by atoms with Crippen molar-refractivity contribution in [2.75, 3.05) is 0 Å². The quantitative estimate of drug-likeness (QED) is 0.0695. The van der Waals surface area contributed by atoms with E-state index in [2.05, 4.69) is 103 Å². The van der Waals surface area contributed by atoms with Crippen molar-refractivity contribution in [3.63, 3.8) is 0 Å². The minimum atomic E-state index is -1.46. The molecule has 0 aliphatic heterocycles. The summed E-state index contributed by atoms with van der Waals surface area (Å²) in [6, 6.07) is 19.7. The Balaban J connectivity index is 0.000000347. The van der Waals surface area contributed by atoms with Crippen molar-refractivity contribution < 1.29 is 30.0 Å². The first-order chi connectivity index (χ1) is 22.5. The SMILES string of the molecule is CCC(CC)C(=O)/C=C(\O)C(CC)CC.Cc1cc2[c-]c(-c3nccc4c3sc3c([Si](C)(C)C)cccc34)cc(C(C)(C)C)c2cc1C.[Ir]. The van der Waals surface area contributed by atoms with E-state index in [-0.39, 0.29) is 48.9 Å². The van der Waals surface area contributed by atoms with Crippen LogP contribution in [0.5, 0.6) is 0 Å². The van der Waals surface area contributed by atoms with Crippen molar-refractivity contribution in [3.8, 4) is 11.3 Å². The number of aromatic nitrogens is 1. The first-order valence-corrected chi connectivity index (χ1v) is 22.1. The maximum Gasteiger partial charge on any atom is 0.162 e. The average molecular weight is 871 g/mol. The number of aliphatic hydroxyl groups is 1. The molecular weight excluding hydrogens is 815 g/mol. The molecule has 5 aromatic rings. The molecule has 0 bridgehead atoms. The number of pyridine rings is 1. The van der Waals surface area contributed by atoms with Crippen molar-refractivity contribution in [1.29, 1.82) is 0 Å². The molecule has 5 rings (SSSR count). The zero-order valence-corrected chi connectivity index (χ0v) is 35.9. The van der Waals surface area contributed by atoms with E-state index in [0.29, 0.717) is 0 Å². The van der Waals surface area contributed by atoms with Crippen LogP contribution in [0.4, 0.5) is 0 Å². The van der Waals surface area contributed by atoms with Crippen molar-refractivity contribution in [2.45, 2.75) is 113 Å². The molecule has 1 N–H and O–H groups in total. The third-order valence-corrected chi connectivity index (χ3v) is 13.3. The number of rotatable bonds is 9. The van der Waals surface area contributed by atoms with E-state index in [9.17, 15) is 9.90 Å². The summed E-state index contributed by atoms with van der Waals surface area (Å²) in [5.74, 6) is 0.547. The summed E-state index contributed by atoms with van der Waals surface area (Å²) in [4.78, 5) is 16.6. The first-order valence-electron chi connectivity index (χ1n) is 17.8. The Morgan fingerprint density at radius 3 is 2.04 bits per heavy atom. The van der Waals surface area contributed by atoms with E-state index >= 15 is 0 Å². The van der Waals surface area contributed by atoms with E-state index in [0.717, 1.165) is 36.9 Å². The summed E-state index contributed by atoms with van der Waals surface area (Å²) < 4.78 is 2.71. The van der Waals surface area contributed by atoms with E-state index in [4.69, 9.17) is 4.98 Å². The van der Waals surface area contributed by atoms with Crippen LogP contribution in [-0.2, 0) is 30.3 Å². The Morgan fingerprint density at radius 1 is 0.878 bits per heavy atom. The Labute approximate surface area is 314 Å². The third-order valence-electron chi connectivity index (χ3n) is 9.85. The Bertz CT molecular complexity index is 1950. The van der Waals surface area contributed by atoms with Crippen LogP contribution in [0.25, 0.3) is 42.2 Å². The molecule has 3 nitrogen and oxygen atoms in total. The number of hydrogen-bond donors (Lipinski definition) is 1. The van der Waals surface area contributed by atoms with E-state index in [1.54, 1.807) is 0 Å². The normalized spacial score (nSPS) is 12.5. The first kappa shape index (κ1) is 40.8. The minimum absolute atomic E-state index is 0. The fourth-order valence-electron chi connectivity index (χ4n) is 6.58. The van der Waals surface area contributed by atoms with Crippen molar-refractivity contribution in [2.24, 2.45) is 11.8 Å². The standard InChI is InChI=1S/C30H32NSSi.C13H24O2.Ir/c1-18-14-20-16-21(17-25(30(3,4)5)24(20)15-19(18)2)27-29-23(12-13-31-27)22-10-9-11-26(28(22)32-29)33(6,7)8;1-5-10(6-2)12(14)9-13(15)11(7-3)8-4;/h9-15,17H,1-8H3;9-11,14H,5-8H2,1-4H3;/q-1;;/b;12-9-;. The zero-order chi connectivity index (χ0) is 35.6. The molecule has 265 valence electrons. The second-order valence-corrected chi connectivity index (χ2v) is 21.5. The summed E-state index contributed by atoms with van der Waals surface area (Å²) in [7, 11) is -1.46. The second-order valence-electron chi connectivity index (χ2n) is 15.4. The van der Waals surface area contributed by atoms with Gasteiger partial charge in [-0.2, -0.15) is 0 Å². The number of nitrogens with zero attached hydrogens (tertiary/aromatic N) is 1. The van der Waals surface area contributed by atoms with Crippen LogP contribution in [0.3, 0.4) is 0 Å². The molecule has 0 aliphatic rings. The monoisotopic (exact) mass is 871 g/mol. The molecular formula is C43H56IrNO2SSi-. The smallest absolute Gasteiger partial charge is 0.162 e. The van der Waals surface area contributed by atoms with Crippen LogP contribution in [0.2, 0.25) is 19.6 Å². The number of benzene rings is 3. The van der Waals surface area contributed by atoms with Gasteiger partial charge in [-0.3, -0.25) is 9.78 Å². The number of carbonyl (C=O) groups is 1. The average Bonchev–Trinajstić information content (AvgIpc) is 3.41. The molecule has 0 aliphatic carbocycles. The van der Waals surface area contributed by atoms with Gasteiger partial charge < -0.3 is 5.11 Å². The van der Waals surface area contributed by atoms with E-state index < -0.39 is 8.07 Å². The van der Waals surface area contributed by atoms with Gasteiger partial charge in [-0.25, -0.2) is 0 Å². The van der Waals surface area contributed by atoms with E-state index in [1.165, 1.54) is 58.9 Å². The van der Waals surface area contributed by atoms with Crippen LogP contribution in [0, 0.1) is 31.7 Å². The fraction of sp³-hybridized carbons (Fsp3) is 0.442. The van der Waals surface area contributed by atoms with Crippen LogP contribution in [-0.4, -0.2) is 23.9 Å². The molecule has 0 atom stereocenters. The molecule has 0 fully saturated rings. The van der Waals surface area contributed by atoms with Crippen molar-refractivity contribution in [3.05, 3.63) is 83.3 Å². The van der Waals surface area contributed by atoms with Gasteiger partial charge in [0.1, 0.15) is 0 Å². The van der Waals surface area contributed by atoms with Crippen LogP contribution >= 0.6 is 11.3 Å². The number of thiophene rings is 1. The largest absolute Gasteiger partial charge is 0.512 e. The van der Waals surface area contributed by atoms with Crippen LogP contribution in [0.15, 0.2) is 60.5 Å². The van der Waals surface area contributed by atoms with Gasteiger partial charge in [0.2, 0.25) is 0 Å². The van der Waals surface area contributed by atoms with Crippen molar-refractivity contribution in [1.82, 2.24) is 4.98 Å². The molecule has 0 unspecified atom stereocenters. The predicted molar refractivity (Wildman–Crippen MR) is 214 cm³/mol. The topological polar surface area (TPSA) is 50.2 Å². The molecule has 0 saturated heterocycles. The number of ketones is 1. The predicted octanol–water partition coefficient (Wildman–Crippen LogP) is 12.4. The van der Waals surface area contributed by atoms with Gasteiger partial charge in [-0.1, -0.05) is 114 Å². The van der Waals surface area contributed by atoms with Crippen molar-refractivity contribution >= 4 is 61.3 Å². The molecule has 1 radical (unpaired) electrons. The molecule has 2 aromatic heterocycles. The molecule has 6 heteroatoms. The maximum atomic E-state index is 11.7. The number of carbonyl (C=O) groups excluding carboxylic acids is 1. The van der Waals surface area contributed by atoms with Gasteiger partial charge in [0, 0.05) is 59.3 Å². The summed E-state index contributed by atoms with van der Waals surface area (Å²) in [5.41, 5.74) is 6.18. The number of allylic oxidation sites excluding steroid dienone is 2. The van der Waals surface area contributed by atoms with Gasteiger partial charge in [-0.05, 0) is 67.0 Å². The Morgan fingerprint density at radius 2 is 1.47 bits per heavy atom. The number of hydrogen-bond acceptors (Lipinski definition) is 4. The summed E-state index contributed by atoms with van der Waals surface area (Å²) in [6.07, 6.45) is 6.88. The number of aryl methyl sites for hydroxylation is 2. The van der Waals surface area contributed by atoms with Crippen LogP contribution in [0.1, 0.15) is 90.8 Å². The molecule has 0 saturated carbocycles. The van der Waals surface area contributed by atoms with Crippen LogP contribution < -0.4 is 5.19 Å². The van der Waals surface area contributed by atoms with E-state index in [1.807, 2.05) is 45.2 Å². The molecule has 0 spiro atoms. The molecule has 2 heterocycles. The molecule has 3 aromatic carbocycles. The summed E-state index contributed by atoms with van der Waals surface area (Å²) in [5, 5.41) is 16.5.